The molecule has 30 heavy (non-hydrogen) atoms. The summed E-state index contributed by atoms with van der Waals surface area (Å²) in [5.41, 5.74) is 1.14. The number of hydrogen-bond acceptors (Lipinski definition) is 3. The number of alkyl halides is 4. The van der Waals surface area contributed by atoms with E-state index in [0.29, 0.717) is 42.7 Å². The van der Waals surface area contributed by atoms with Gasteiger partial charge in [-0.2, -0.15) is 13.2 Å². The smallest absolute Gasteiger partial charge is 0.431 e. The van der Waals surface area contributed by atoms with E-state index in [1.54, 1.807) is 18.2 Å². The van der Waals surface area contributed by atoms with Gasteiger partial charge in [0, 0.05) is 35.2 Å². The molecule has 2 aliphatic heterocycles. The molecule has 1 fully saturated rings. The molecule has 1 saturated heterocycles. The number of para-hydroxylation sites is 1. The van der Waals surface area contributed by atoms with Gasteiger partial charge in [0.15, 0.2) is 0 Å². The Balaban J connectivity index is 1.54. The first-order valence-corrected chi connectivity index (χ1v) is 9.95. The van der Waals surface area contributed by atoms with E-state index in [1.165, 1.54) is 0 Å². The highest BCUT2D eigenvalue weighted by Gasteiger charge is 2.39. The fourth-order valence-electron chi connectivity index (χ4n) is 4.48. The lowest BCUT2D eigenvalue weighted by Gasteiger charge is -2.39. The van der Waals surface area contributed by atoms with E-state index in [0.717, 1.165) is 17.4 Å². The molecule has 8 heteroatoms. The molecule has 0 amide bonds. The number of aromatic nitrogens is 1. The molecule has 0 radical (unpaired) electrons. The Morgan fingerprint density at radius 2 is 1.93 bits per heavy atom. The molecule has 3 aromatic rings. The van der Waals surface area contributed by atoms with Crippen molar-refractivity contribution in [3.05, 3.63) is 59.8 Å². The predicted octanol–water partition coefficient (Wildman–Crippen LogP) is 5.14. The number of nitrogens with one attached hydrogen (secondary N) is 2. The maximum atomic E-state index is 13.9. The summed E-state index contributed by atoms with van der Waals surface area (Å²) in [5.74, 6) is 0.736. The number of hydrogen-bond donors (Lipinski definition) is 2. The standard InChI is InChI=1S/C22H21F4N3O/c23-13-8-9-29(11-13)18-12-30-19-7-2-1-4-14(19)21(18)28-17-6-3-5-16-15(17)10-20(27-16)22(24,25)26/h1-7,10,13,18,21,27-28H,8-9,11-12H2. The van der Waals surface area contributed by atoms with E-state index < -0.39 is 18.0 Å². The van der Waals surface area contributed by atoms with Crippen molar-refractivity contribution in [1.29, 1.82) is 0 Å². The minimum Gasteiger partial charge on any atom is -0.491 e. The average Bonchev–Trinajstić information content (AvgIpc) is 3.35. The highest BCUT2D eigenvalue weighted by molar-refractivity contribution is 5.93. The summed E-state index contributed by atoms with van der Waals surface area (Å²) in [7, 11) is 0. The molecule has 0 aliphatic carbocycles. The number of halogens is 4. The molecule has 2 aromatic carbocycles. The summed E-state index contributed by atoms with van der Waals surface area (Å²) in [6.45, 7) is 1.35. The Morgan fingerprint density at radius 3 is 2.70 bits per heavy atom. The second-order valence-electron chi connectivity index (χ2n) is 7.87. The molecule has 5 rings (SSSR count). The summed E-state index contributed by atoms with van der Waals surface area (Å²) in [6.07, 6.45) is -4.84. The zero-order chi connectivity index (χ0) is 20.9. The van der Waals surface area contributed by atoms with Crippen molar-refractivity contribution in [3.8, 4) is 5.75 Å². The molecule has 0 spiro atoms. The van der Waals surface area contributed by atoms with Gasteiger partial charge in [-0.15, -0.1) is 0 Å². The fourth-order valence-corrected chi connectivity index (χ4v) is 4.48. The van der Waals surface area contributed by atoms with Gasteiger partial charge in [0.1, 0.15) is 24.2 Å². The van der Waals surface area contributed by atoms with Crippen molar-refractivity contribution in [3.63, 3.8) is 0 Å². The average molecular weight is 419 g/mol. The van der Waals surface area contributed by atoms with Crippen LogP contribution in [0.2, 0.25) is 0 Å². The highest BCUT2D eigenvalue weighted by Crippen LogP contribution is 2.40. The van der Waals surface area contributed by atoms with Gasteiger partial charge in [-0.25, -0.2) is 4.39 Å². The molecule has 3 heterocycles. The van der Waals surface area contributed by atoms with E-state index in [2.05, 4.69) is 15.2 Å². The largest absolute Gasteiger partial charge is 0.491 e. The van der Waals surface area contributed by atoms with Crippen LogP contribution in [0.15, 0.2) is 48.5 Å². The Morgan fingerprint density at radius 1 is 1.10 bits per heavy atom. The quantitative estimate of drug-likeness (QED) is 0.578. The van der Waals surface area contributed by atoms with E-state index in [-0.39, 0.29) is 12.1 Å². The summed E-state index contributed by atoms with van der Waals surface area (Å²) in [6, 6.07) is 13.5. The van der Waals surface area contributed by atoms with Gasteiger partial charge in [-0.3, -0.25) is 4.90 Å². The van der Waals surface area contributed by atoms with Crippen molar-refractivity contribution in [2.75, 3.05) is 25.0 Å². The van der Waals surface area contributed by atoms with Crippen LogP contribution in [0.5, 0.6) is 5.75 Å². The number of anilines is 1. The second-order valence-corrected chi connectivity index (χ2v) is 7.87. The normalized spacial score (nSPS) is 24.6. The van der Waals surface area contributed by atoms with Gasteiger partial charge in [0.25, 0.3) is 0 Å². The van der Waals surface area contributed by atoms with Crippen LogP contribution in [0.1, 0.15) is 23.7 Å². The number of ether oxygens (including phenoxy) is 1. The van der Waals surface area contributed by atoms with Crippen LogP contribution in [0.4, 0.5) is 23.2 Å². The van der Waals surface area contributed by atoms with Crippen LogP contribution in [-0.2, 0) is 6.18 Å². The van der Waals surface area contributed by atoms with E-state index in [9.17, 15) is 17.6 Å². The summed E-state index contributed by atoms with van der Waals surface area (Å²) >= 11 is 0. The van der Waals surface area contributed by atoms with Crippen LogP contribution in [0.3, 0.4) is 0 Å². The second kappa shape index (κ2) is 7.19. The van der Waals surface area contributed by atoms with Gasteiger partial charge in [-0.05, 0) is 30.7 Å². The van der Waals surface area contributed by atoms with Crippen molar-refractivity contribution in [2.24, 2.45) is 0 Å². The van der Waals surface area contributed by atoms with Gasteiger partial charge >= 0.3 is 6.18 Å². The summed E-state index contributed by atoms with van der Waals surface area (Å²) in [4.78, 5) is 4.52. The molecule has 0 bridgehead atoms. The van der Waals surface area contributed by atoms with E-state index >= 15 is 0 Å². The number of aromatic amines is 1. The van der Waals surface area contributed by atoms with Gasteiger partial charge < -0.3 is 15.0 Å². The molecule has 2 N–H and O–H groups in total. The minimum atomic E-state index is -4.45. The van der Waals surface area contributed by atoms with Crippen LogP contribution < -0.4 is 10.1 Å². The molecule has 158 valence electrons. The highest BCUT2D eigenvalue weighted by atomic mass is 19.4. The number of nitrogens with zero attached hydrogens (tertiary/aromatic N) is 1. The minimum absolute atomic E-state index is 0.128. The molecule has 1 aromatic heterocycles. The van der Waals surface area contributed by atoms with Gasteiger partial charge in [-0.1, -0.05) is 24.3 Å². The number of rotatable bonds is 3. The van der Waals surface area contributed by atoms with Gasteiger partial charge in [0.2, 0.25) is 0 Å². The molecule has 4 nitrogen and oxygen atoms in total. The fraction of sp³-hybridized carbons (Fsp3) is 0.364. The van der Waals surface area contributed by atoms with Crippen LogP contribution >= 0.6 is 0 Å². The number of likely N-dealkylation sites (tertiary alicyclic amines) is 1. The first-order chi connectivity index (χ1) is 14.4. The summed E-state index contributed by atoms with van der Waals surface area (Å²) < 4.78 is 59.4. The third-order valence-electron chi connectivity index (χ3n) is 5.96. The van der Waals surface area contributed by atoms with Crippen molar-refractivity contribution < 1.29 is 22.3 Å². The lowest BCUT2D eigenvalue weighted by atomic mass is 9.94. The molecule has 2 aliphatic rings. The van der Waals surface area contributed by atoms with Crippen molar-refractivity contribution in [2.45, 2.75) is 30.9 Å². The topological polar surface area (TPSA) is 40.3 Å². The van der Waals surface area contributed by atoms with E-state index in [1.807, 2.05) is 24.3 Å². The third kappa shape index (κ3) is 3.39. The lowest BCUT2D eigenvalue weighted by Crippen LogP contribution is -2.47. The Labute approximate surface area is 170 Å². The van der Waals surface area contributed by atoms with Crippen LogP contribution in [0, 0.1) is 0 Å². The summed E-state index contributed by atoms with van der Waals surface area (Å²) in [5, 5.41) is 3.92. The van der Waals surface area contributed by atoms with Crippen molar-refractivity contribution >= 4 is 16.6 Å². The van der Waals surface area contributed by atoms with Gasteiger partial charge in [0.05, 0.1) is 12.1 Å². The number of fused-ring (bicyclic) bond motifs is 2. The Bertz CT molecular complexity index is 1060. The Kier molecular flexibility index (Phi) is 4.61. The first-order valence-electron chi connectivity index (χ1n) is 9.95. The molecular formula is C22H21F4N3O. The molecule has 3 atom stereocenters. The zero-order valence-corrected chi connectivity index (χ0v) is 16.0. The maximum Gasteiger partial charge on any atom is 0.431 e. The van der Waals surface area contributed by atoms with Crippen molar-refractivity contribution in [1.82, 2.24) is 9.88 Å². The van der Waals surface area contributed by atoms with Crippen LogP contribution in [0.25, 0.3) is 10.9 Å². The lowest BCUT2D eigenvalue weighted by molar-refractivity contribution is -0.140. The number of benzene rings is 2. The van der Waals surface area contributed by atoms with E-state index in [4.69, 9.17) is 4.74 Å². The monoisotopic (exact) mass is 419 g/mol. The third-order valence-corrected chi connectivity index (χ3v) is 5.96. The predicted molar refractivity (Wildman–Crippen MR) is 106 cm³/mol. The van der Waals surface area contributed by atoms with Crippen LogP contribution in [-0.4, -0.2) is 41.8 Å². The first kappa shape index (κ1) is 19.2. The molecule has 0 saturated carbocycles. The molecular weight excluding hydrogens is 398 g/mol. The molecule has 3 unspecified atom stereocenters. The zero-order valence-electron chi connectivity index (χ0n) is 16.0. The number of H-pyrrole nitrogens is 1. The maximum absolute atomic E-state index is 13.9. The Hall–Kier alpha value is -2.74. The SMILES string of the molecule is FC1CCN(C2COc3ccccc3C2Nc2cccc3[nH]c(C(F)(F)F)cc23)C1.